The van der Waals surface area contributed by atoms with Gasteiger partial charge in [0.05, 0.1) is 9.77 Å². The van der Waals surface area contributed by atoms with Crippen molar-refractivity contribution < 1.29 is 22.7 Å². The average Bonchev–Trinajstić information content (AvgIpc) is 3.36. The number of likely N-dealkylation sites (N-methyl/N-ethyl adjacent to an activating group) is 1. The Morgan fingerprint density at radius 3 is 2.66 bits per heavy atom. The maximum absolute atomic E-state index is 13.5. The molecule has 186 valence electrons. The Balaban J connectivity index is 1.52. The molecular weight excluding hydrogens is 519 g/mol. The van der Waals surface area contributed by atoms with E-state index in [1.165, 1.54) is 42.3 Å². The lowest BCUT2D eigenvalue weighted by molar-refractivity contribution is -0.139. The summed E-state index contributed by atoms with van der Waals surface area (Å²) in [5.74, 6) is -0.373. The Kier molecular flexibility index (Phi) is 7.85. The van der Waals surface area contributed by atoms with Crippen LogP contribution in [0.5, 0.6) is 5.75 Å². The van der Waals surface area contributed by atoms with Gasteiger partial charge in [-0.15, -0.1) is 11.3 Å². The van der Waals surface area contributed by atoms with E-state index in [2.05, 4.69) is 10.0 Å². The molecule has 1 atom stereocenters. The topological polar surface area (TPSA) is 53.6 Å². The largest absolute Gasteiger partial charge is 0.488 e. The highest BCUT2D eigenvalue weighted by atomic mass is 35.5. The Morgan fingerprint density at radius 1 is 1.20 bits per heavy atom. The molecule has 1 saturated heterocycles. The predicted octanol–water partition coefficient (Wildman–Crippen LogP) is 7.25. The summed E-state index contributed by atoms with van der Waals surface area (Å²) in [6.45, 7) is 2.80. The monoisotopic (exact) mass is 541 g/mol. The van der Waals surface area contributed by atoms with E-state index in [4.69, 9.17) is 16.3 Å². The van der Waals surface area contributed by atoms with Gasteiger partial charge in [-0.25, -0.2) is 0 Å². The Bertz CT molecular complexity index is 1220. The number of nitrogens with zero attached hydrogens (tertiary/aromatic N) is 1. The molecule has 35 heavy (non-hydrogen) atoms. The number of carbonyl (C=O) groups is 1. The zero-order chi connectivity index (χ0) is 25.2. The Morgan fingerprint density at radius 2 is 1.97 bits per heavy atom. The molecule has 2 heterocycles. The summed E-state index contributed by atoms with van der Waals surface area (Å²) in [4.78, 5) is 13.6. The van der Waals surface area contributed by atoms with Crippen LogP contribution in [0.4, 0.5) is 24.5 Å². The molecule has 1 aliphatic heterocycles. The van der Waals surface area contributed by atoms with Gasteiger partial charge in [0.15, 0.2) is 0 Å². The first kappa shape index (κ1) is 25.7. The second-order valence-corrected chi connectivity index (χ2v) is 10.9. The molecule has 0 aliphatic carbocycles. The van der Waals surface area contributed by atoms with E-state index < -0.39 is 11.7 Å². The number of nitrogens with one attached hydrogen (secondary N) is 2. The summed E-state index contributed by atoms with van der Waals surface area (Å²) in [6, 6.07) is 13.0. The summed E-state index contributed by atoms with van der Waals surface area (Å²) in [5.41, 5.74) is 1.87. The fourth-order valence-electron chi connectivity index (χ4n) is 3.79. The molecule has 0 bridgehead atoms. The molecule has 1 aliphatic rings. The van der Waals surface area contributed by atoms with Crippen LogP contribution in [0, 0.1) is 0 Å². The fraction of sp³-hybridized carbons (Fsp3) is 0.292. The number of rotatable bonds is 7. The van der Waals surface area contributed by atoms with Gasteiger partial charge in [0.25, 0.3) is 0 Å². The van der Waals surface area contributed by atoms with Gasteiger partial charge in [-0.3, -0.25) is 4.79 Å². The smallest absolute Gasteiger partial charge is 0.419 e. The van der Waals surface area contributed by atoms with E-state index in [0.29, 0.717) is 28.7 Å². The predicted molar refractivity (Wildman–Crippen MR) is 137 cm³/mol. The van der Waals surface area contributed by atoms with Crippen LogP contribution in [0.1, 0.15) is 18.9 Å². The zero-order valence-electron chi connectivity index (χ0n) is 18.9. The third kappa shape index (κ3) is 6.43. The van der Waals surface area contributed by atoms with Gasteiger partial charge in [0.1, 0.15) is 16.2 Å². The van der Waals surface area contributed by atoms with Crippen LogP contribution in [0.25, 0.3) is 11.1 Å². The highest BCUT2D eigenvalue weighted by Crippen LogP contribution is 2.44. The van der Waals surface area contributed by atoms with Gasteiger partial charge < -0.3 is 19.7 Å². The number of anilines is 2. The number of benzene rings is 2. The number of para-hydroxylation sites is 1. The van der Waals surface area contributed by atoms with Crippen molar-refractivity contribution in [2.45, 2.75) is 29.8 Å². The third-order valence-corrected chi connectivity index (χ3v) is 7.70. The zero-order valence-corrected chi connectivity index (χ0v) is 21.3. The van der Waals surface area contributed by atoms with Gasteiger partial charge in [-0.05, 0) is 49.7 Å². The molecule has 5 nitrogen and oxygen atoms in total. The Hall–Kier alpha value is -2.40. The summed E-state index contributed by atoms with van der Waals surface area (Å²) >= 11 is 9.06. The van der Waals surface area contributed by atoms with Crippen LogP contribution >= 0.6 is 34.9 Å². The quantitative estimate of drug-likeness (QED) is 0.309. The van der Waals surface area contributed by atoms with E-state index >= 15 is 0 Å². The molecule has 0 radical (unpaired) electrons. The summed E-state index contributed by atoms with van der Waals surface area (Å²) in [6.07, 6.45) is -4.12. The highest BCUT2D eigenvalue weighted by Gasteiger charge is 2.35. The van der Waals surface area contributed by atoms with Gasteiger partial charge in [0, 0.05) is 48.6 Å². The molecule has 1 aromatic heterocycles. The number of ether oxygens (including phenoxy) is 1. The molecule has 1 amide bonds. The van der Waals surface area contributed by atoms with Crippen molar-refractivity contribution in [2.75, 3.05) is 30.2 Å². The lowest BCUT2D eigenvalue weighted by Crippen LogP contribution is -2.22. The lowest BCUT2D eigenvalue weighted by atomic mass is 10.1. The highest BCUT2D eigenvalue weighted by molar-refractivity contribution is 8.02. The second kappa shape index (κ2) is 10.7. The number of alkyl halides is 3. The van der Waals surface area contributed by atoms with Crippen LogP contribution in [-0.2, 0) is 11.0 Å². The van der Waals surface area contributed by atoms with Crippen molar-refractivity contribution >= 4 is 52.2 Å². The molecule has 2 aromatic carbocycles. The van der Waals surface area contributed by atoms with Gasteiger partial charge in [-0.1, -0.05) is 29.8 Å². The van der Waals surface area contributed by atoms with Crippen molar-refractivity contribution in [3.63, 3.8) is 0 Å². The molecular formula is C24H23ClF3N3O2S2. The average molecular weight is 542 g/mol. The molecule has 0 unspecified atom stereocenters. The van der Waals surface area contributed by atoms with Crippen LogP contribution in [0.3, 0.4) is 0 Å². The van der Waals surface area contributed by atoms with Crippen molar-refractivity contribution in [1.82, 2.24) is 4.90 Å². The first-order valence-electron chi connectivity index (χ1n) is 10.8. The normalized spacial score (nSPS) is 16.3. The van der Waals surface area contributed by atoms with Crippen molar-refractivity contribution in [2.24, 2.45) is 0 Å². The number of thiophene rings is 1. The lowest BCUT2D eigenvalue weighted by Gasteiger charge is -2.19. The molecule has 11 heteroatoms. The number of likely N-dealkylation sites (tertiary alicyclic amines) is 1. The van der Waals surface area contributed by atoms with Gasteiger partial charge >= 0.3 is 6.18 Å². The summed E-state index contributed by atoms with van der Waals surface area (Å²) in [5, 5.41) is 2.80. The second-order valence-electron chi connectivity index (χ2n) is 8.18. The molecule has 1 fully saturated rings. The minimum atomic E-state index is -4.51. The minimum absolute atomic E-state index is 0.183. The summed E-state index contributed by atoms with van der Waals surface area (Å²) < 4.78 is 50.8. The first-order valence-corrected chi connectivity index (χ1v) is 12.8. The van der Waals surface area contributed by atoms with E-state index in [0.717, 1.165) is 27.9 Å². The maximum atomic E-state index is 13.5. The van der Waals surface area contributed by atoms with Gasteiger partial charge in [-0.2, -0.15) is 13.2 Å². The van der Waals surface area contributed by atoms with Crippen molar-refractivity contribution in [3.8, 4) is 16.9 Å². The maximum Gasteiger partial charge on any atom is 0.419 e. The van der Waals surface area contributed by atoms with Crippen LogP contribution < -0.4 is 14.8 Å². The SMILES string of the molecule is CC(=O)Nc1ccccc1-c1cc(SNc2ccc(C(F)(F)F)c(O[C@@H]3CCN(C)C3)c2)sc1Cl. The number of halogens is 4. The van der Waals surface area contributed by atoms with E-state index in [1.807, 2.05) is 36.2 Å². The number of hydrogen-bond donors (Lipinski definition) is 2. The molecule has 3 aromatic rings. The van der Waals surface area contributed by atoms with Crippen molar-refractivity contribution in [3.05, 3.63) is 58.4 Å². The fourth-order valence-corrected chi connectivity index (χ4v) is 6.03. The van der Waals surface area contributed by atoms with E-state index in [1.54, 1.807) is 6.07 Å². The number of carbonyl (C=O) groups excluding carboxylic acids is 1. The van der Waals surface area contributed by atoms with Gasteiger partial charge in [0.2, 0.25) is 5.91 Å². The van der Waals surface area contributed by atoms with Crippen LogP contribution in [0.15, 0.2) is 52.7 Å². The first-order chi connectivity index (χ1) is 16.6. The van der Waals surface area contributed by atoms with Crippen LogP contribution in [0.2, 0.25) is 4.34 Å². The molecule has 4 rings (SSSR count). The third-order valence-electron chi connectivity index (χ3n) is 5.39. The minimum Gasteiger partial charge on any atom is -0.488 e. The van der Waals surface area contributed by atoms with Crippen molar-refractivity contribution in [1.29, 1.82) is 0 Å². The molecule has 0 spiro atoms. The molecule has 0 saturated carbocycles. The molecule has 2 N–H and O–H groups in total. The van der Waals surface area contributed by atoms with E-state index in [9.17, 15) is 18.0 Å². The summed E-state index contributed by atoms with van der Waals surface area (Å²) in [7, 11) is 1.91. The van der Waals surface area contributed by atoms with E-state index in [-0.39, 0.29) is 17.8 Å². The standard InChI is InChI=1S/C24H23ClF3N3O2S2/c1-14(32)29-20-6-4-3-5-17(20)18-12-22(34-23(18)25)35-30-15-7-8-19(24(26,27)28)21(11-15)33-16-9-10-31(2)13-16/h3-8,11-12,16,30H,9-10,13H2,1-2H3,(H,29,32)/t16-/m1/s1. The van der Waals surface area contributed by atoms with Crippen LogP contribution in [-0.4, -0.2) is 37.0 Å². The number of hydrogen-bond acceptors (Lipinski definition) is 6. The number of amides is 1. The Labute approximate surface area is 214 Å².